The molecule has 4 N–H and O–H groups in total. The number of nitrogens with two attached hydrogens (primary N) is 2. The Hall–Kier alpha value is -1.39. The fourth-order valence-corrected chi connectivity index (χ4v) is 3.15. The second-order valence-electron chi connectivity index (χ2n) is 6.10. The number of carbonyl (C=O) groups excluding carboxylic acids is 1. The number of hydrogen-bond acceptors (Lipinski definition) is 3. The van der Waals surface area contributed by atoms with Crippen molar-refractivity contribution in [3.8, 4) is 0 Å². The summed E-state index contributed by atoms with van der Waals surface area (Å²) in [6, 6.07) is 8.69. The van der Waals surface area contributed by atoms with Crippen molar-refractivity contribution in [1.29, 1.82) is 0 Å². The summed E-state index contributed by atoms with van der Waals surface area (Å²) in [5.41, 5.74) is 13.1. The zero-order valence-electron chi connectivity index (χ0n) is 12.9. The van der Waals surface area contributed by atoms with E-state index in [9.17, 15) is 4.79 Å². The van der Waals surface area contributed by atoms with Crippen molar-refractivity contribution in [2.75, 3.05) is 6.54 Å². The van der Waals surface area contributed by atoms with Crippen molar-refractivity contribution in [3.05, 3.63) is 35.4 Å². The Balaban J connectivity index is 2.00. The van der Waals surface area contributed by atoms with Crippen LogP contribution in [0.15, 0.2) is 24.3 Å². The van der Waals surface area contributed by atoms with E-state index < -0.39 is 0 Å². The second-order valence-corrected chi connectivity index (χ2v) is 6.10. The summed E-state index contributed by atoms with van der Waals surface area (Å²) in [7, 11) is 0. The lowest BCUT2D eigenvalue weighted by Crippen LogP contribution is -2.40. The van der Waals surface area contributed by atoms with Gasteiger partial charge in [0.25, 0.3) is 0 Å². The molecule has 1 saturated carbocycles. The van der Waals surface area contributed by atoms with Crippen molar-refractivity contribution >= 4 is 5.91 Å². The summed E-state index contributed by atoms with van der Waals surface area (Å²) in [5, 5.41) is 0. The van der Waals surface area contributed by atoms with Crippen LogP contribution in [0.3, 0.4) is 0 Å². The second kappa shape index (κ2) is 7.57. The van der Waals surface area contributed by atoms with E-state index >= 15 is 0 Å². The van der Waals surface area contributed by atoms with E-state index in [-0.39, 0.29) is 5.91 Å². The van der Waals surface area contributed by atoms with Crippen LogP contribution in [0, 0.1) is 0 Å². The lowest BCUT2D eigenvalue weighted by molar-refractivity contribution is 0.1000. The van der Waals surface area contributed by atoms with Crippen LogP contribution < -0.4 is 11.5 Å². The molecule has 0 heterocycles. The van der Waals surface area contributed by atoms with Gasteiger partial charge in [-0.2, -0.15) is 0 Å². The van der Waals surface area contributed by atoms with Gasteiger partial charge >= 0.3 is 0 Å². The molecular weight excluding hydrogens is 262 g/mol. The number of benzene rings is 1. The standard InChI is InChI=1S/C17H27N3O/c1-2-11-20(16-9-7-15(18)8-10-16)12-13-3-5-14(6-4-13)17(19)21/h3-6,15-16H,2,7-12,18H2,1H3,(H2,19,21). The van der Waals surface area contributed by atoms with E-state index in [2.05, 4.69) is 11.8 Å². The van der Waals surface area contributed by atoms with Crippen LogP contribution in [0.4, 0.5) is 0 Å². The molecule has 1 aliphatic carbocycles. The summed E-state index contributed by atoms with van der Waals surface area (Å²) < 4.78 is 0. The molecule has 4 heteroatoms. The summed E-state index contributed by atoms with van der Waals surface area (Å²) in [6.07, 6.45) is 5.81. The molecule has 0 aliphatic heterocycles. The quantitative estimate of drug-likeness (QED) is 0.844. The largest absolute Gasteiger partial charge is 0.366 e. The molecule has 4 nitrogen and oxygen atoms in total. The maximum Gasteiger partial charge on any atom is 0.248 e. The first-order chi connectivity index (χ1) is 10.1. The maximum absolute atomic E-state index is 11.1. The fraction of sp³-hybridized carbons (Fsp3) is 0.588. The van der Waals surface area contributed by atoms with E-state index in [1.807, 2.05) is 24.3 Å². The molecule has 2 rings (SSSR count). The number of hydrogen-bond donors (Lipinski definition) is 2. The Morgan fingerprint density at radius 1 is 1.19 bits per heavy atom. The number of nitrogens with zero attached hydrogens (tertiary/aromatic N) is 1. The Bertz CT molecular complexity index is 450. The number of amides is 1. The first-order valence-electron chi connectivity index (χ1n) is 7.98. The Morgan fingerprint density at radius 3 is 2.33 bits per heavy atom. The van der Waals surface area contributed by atoms with Gasteiger partial charge in [0, 0.05) is 24.2 Å². The summed E-state index contributed by atoms with van der Waals surface area (Å²) in [4.78, 5) is 13.7. The summed E-state index contributed by atoms with van der Waals surface area (Å²) in [6.45, 7) is 4.27. The molecule has 1 amide bonds. The molecule has 1 fully saturated rings. The monoisotopic (exact) mass is 289 g/mol. The topological polar surface area (TPSA) is 72.3 Å². The van der Waals surface area contributed by atoms with Crippen molar-refractivity contribution < 1.29 is 4.79 Å². The molecule has 1 aliphatic rings. The van der Waals surface area contributed by atoms with Gasteiger partial charge in [-0.1, -0.05) is 19.1 Å². The number of primary amides is 1. The smallest absolute Gasteiger partial charge is 0.248 e. The lowest BCUT2D eigenvalue weighted by Gasteiger charge is -2.36. The van der Waals surface area contributed by atoms with E-state index in [0.717, 1.165) is 32.4 Å². The van der Waals surface area contributed by atoms with Crippen molar-refractivity contribution in [3.63, 3.8) is 0 Å². The van der Waals surface area contributed by atoms with Gasteiger partial charge in [0.15, 0.2) is 0 Å². The lowest BCUT2D eigenvalue weighted by atomic mass is 9.90. The van der Waals surface area contributed by atoms with Crippen LogP contribution >= 0.6 is 0 Å². The van der Waals surface area contributed by atoms with Crippen LogP contribution in [-0.4, -0.2) is 29.4 Å². The minimum atomic E-state index is -0.367. The van der Waals surface area contributed by atoms with E-state index in [0.29, 0.717) is 17.6 Å². The first-order valence-corrected chi connectivity index (χ1v) is 7.98. The summed E-state index contributed by atoms with van der Waals surface area (Å²) >= 11 is 0. The highest BCUT2D eigenvalue weighted by Crippen LogP contribution is 2.24. The third-order valence-electron chi connectivity index (χ3n) is 4.39. The fourth-order valence-electron chi connectivity index (χ4n) is 3.15. The van der Waals surface area contributed by atoms with Crippen molar-refractivity contribution in [2.45, 2.75) is 57.7 Å². The first kappa shape index (κ1) is 16.0. The van der Waals surface area contributed by atoms with Crippen molar-refractivity contribution in [1.82, 2.24) is 4.90 Å². The van der Waals surface area contributed by atoms with Crippen LogP contribution in [0.2, 0.25) is 0 Å². The third-order valence-corrected chi connectivity index (χ3v) is 4.39. The molecule has 0 atom stereocenters. The van der Waals surface area contributed by atoms with Gasteiger partial charge in [-0.15, -0.1) is 0 Å². The Kier molecular flexibility index (Phi) is 5.76. The minimum absolute atomic E-state index is 0.367. The SMILES string of the molecule is CCCN(Cc1ccc(C(N)=O)cc1)C1CCC(N)CC1. The highest BCUT2D eigenvalue weighted by atomic mass is 16.1. The molecule has 0 saturated heterocycles. The predicted octanol–water partition coefficient (Wildman–Crippen LogP) is 2.27. The molecule has 1 aromatic rings. The van der Waals surface area contributed by atoms with Gasteiger partial charge in [-0.05, 0) is 56.3 Å². The highest BCUT2D eigenvalue weighted by Gasteiger charge is 2.23. The van der Waals surface area contributed by atoms with Gasteiger partial charge in [0.2, 0.25) is 5.91 Å². The molecule has 1 aromatic carbocycles. The minimum Gasteiger partial charge on any atom is -0.366 e. The molecule has 116 valence electrons. The molecule has 0 spiro atoms. The number of rotatable bonds is 6. The summed E-state index contributed by atoms with van der Waals surface area (Å²) in [5.74, 6) is -0.367. The molecule has 0 unspecified atom stereocenters. The number of carbonyl (C=O) groups is 1. The van der Waals surface area contributed by atoms with E-state index in [1.54, 1.807) is 0 Å². The maximum atomic E-state index is 11.1. The van der Waals surface area contributed by atoms with Gasteiger partial charge in [0.05, 0.1) is 0 Å². The van der Waals surface area contributed by atoms with Crippen molar-refractivity contribution in [2.24, 2.45) is 11.5 Å². The van der Waals surface area contributed by atoms with E-state index in [1.165, 1.54) is 18.4 Å². The van der Waals surface area contributed by atoms with Crippen LogP contribution in [-0.2, 0) is 6.54 Å². The molecule has 0 radical (unpaired) electrons. The van der Waals surface area contributed by atoms with Crippen LogP contribution in [0.25, 0.3) is 0 Å². The average Bonchev–Trinajstić information content (AvgIpc) is 2.48. The van der Waals surface area contributed by atoms with Crippen LogP contribution in [0.5, 0.6) is 0 Å². The Labute approximate surface area is 127 Å². The Morgan fingerprint density at radius 2 is 1.81 bits per heavy atom. The molecule has 0 bridgehead atoms. The average molecular weight is 289 g/mol. The highest BCUT2D eigenvalue weighted by molar-refractivity contribution is 5.92. The normalized spacial score (nSPS) is 22.4. The zero-order chi connectivity index (χ0) is 15.2. The molecule has 0 aromatic heterocycles. The predicted molar refractivity (Wildman–Crippen MR) is 85.9 cm³/mol. The van der Waals surface area contributed by atoms with Gasteiger partial charge in [0.1, 0.15) is 0 Å². The van der Waals surface area contributed by atoms with Gasteiger partial charge in [-0.25, -0.2) is 0 Å². The molecule has 21 heavy (non-hydrogen) atoms. The van der Waals surface area contributed by atoms with E-state index in [4.69, 9.17) is 11.5 Å². The van der Waals surface area contributed by atoms with Crippen LogP contribution in [0.1, 0.15) is 54.9 Å². The third kappa shape index (κ3) is 4.55. The molecular formula is C17H27N3O. The van der Waals surface area contributed by atoms with Gasteiger partial charge < -0.3 is 11.5 Å². The zero-order valence-corrected chi connectivity index (χ0v) is 12.9. The van der Waals surface area contributed by atoms with Gasteiger partial charge in [-0.3, -0.25) is 9.69 Å².